The predicted octanol–water partition coefficient (Wildman–Crippen LogP) is -0.142. The third-order valence-corrected chi connectivity index (χ3v) is 1.29. The number of rotatable bonds is 3. The third kappa shape index (κ3) is 4.27. The Morgan fingerprint density at radius 3 is 2.75 bits per heavy atom. The van der Waals surface area contributed by atoms with E-state index in [4.69, 9.17) is 0 Å². The first-order chi connectivity index (χ1) is 5.83. The molecule has 1 rings (SSSR count). The molecular weight excluding hydrogens is 158 g/mol. The number of nitrogens with zero attached hydrogens (tertiary/aromatic N) is 1. The average molecular weight is 175 g/mol. The van der Waals surface area contributed by atoms with Crippen LogP contribution in [0.25, 0.3) is 0 Å². The lowest BCUT2D eigenvalue weighted by atomic mass is 10.4. The number of hydrazine groups is 1. The van der Waals surface area contributed by atoms with Crippen molar-refractivity contribution in [3.05, 3.63) is 0 Å². The van der Waals surface area contributed by atoms with Crippen LogP contribution in [0.3, 0.4) is 0 Å². The van der Waals surface area contributed by atoms with Crippen molar-refractivity contribution in [1.82, 2.24) is 15.9 Å². The fraction of sp³-hybridized carbons (Fsp3) is 0.857. The van der Waals surface area contributed by atoms with Crippen LogP contribution in [0.1, 0.15) is 20.3 Å². The van der Waals surface area contributed by atoms with E-state index in [2.05, 4.69) is 15.7 Å². The van der Waals surface area contributed by atoms with Gasteiger partial charge in [0.05, 0.1) is 13.8 Å². The zero-order chi connectivity index (χ0) is 9.40. The Labute approximate surface area is 73.0 Å². The molecule has 1 aliphatic heterocycles. The van der Waals surface area contributed by atoms with E-state index in [1.165, 1.54) is 7.11 Å². The molecule has 1 aliphatic rings. The Bertz CT molecular complexity index is 130. The van der Waals surface area contributed by atoms with Gasteiger partial charge in [-0.15, -0.1) is 0 Å². The second-order valence-corrected chi connectivity index (χ2v) is 2.05. The molecule has 0 unspecified atom stereocenters. The Morgan fingerprint density at radius 1 is 1.67 bits per heavy atom. The molecule has 0 spiro atoms. The molecule has 0 aromatic carbocycles. The van der Waals surface area contributed by atoms with E-state index in [1.807, 2.05) is 13.8 Å². The van der Waals surface area contributed by atoms with Crippen molar-refractivity contribution in [3.63, 3.8) is 0 Å². The topological polar surface area (TPSA) is 53.6 Å². The fourth-order valence-corrected chi connectivity index (χ4v) is 0.786. The number of hydroxylamine groups is 1. The zero-order valence-corrected chi connectivity index (χ0v) is 7.89. The molecule has 0 aromatic rings. The van der Waals surface area contributed by atoms with Crippen molar-refractivity contribution >= 4 is 5.91 Å². The van der Waals surface area contributed by atoms with Crippen molar-refractivity contribution in [1.29, 1.82) is 0 Å². The van der Waals surface area contributed by atoms with Gasteiger partial charge in [-0.25, -0.2) is 5.01 Å². The minimum absolute atomic E-state index is 0.0675. The molecule has 0 aliphatic carbocycles. The van der Waals surface area contributed by atoms with Gasteiger partial charge in [-0.1, -0.05) is 13.8 Å². The normalized spacial score (nSPS) is 16.8. The lowest BCUT2D eigenvalue weighted by Gasteiger charge is -2.13. The van der Waals surface area contributed by atoms with E-state index in [1.54, 1.807) is 5.01 Å². The largest absolute Gasteiger partial charge is 0.304 e. The summed E-state index contributed by atoms with van der Waals surface area (Å²) in [5, 5.41) is 1.76. The maximum atomic E-state index is 10.6. The van der Waals surface area contributed by atoms with Gasteiger partial charge < -0.3 is 4.84 Å². The molecule has 5 nitrogen and oxygen atoms in total. The van der Waals surface area contributed by atoms with Gasteiger partial charge in [0.15, 0.2) is 0 Å². The van der Waals surface area contributed by atoms with Crippen LogP contribution in [0.4, 0.5) is 0 Å². The summed E-state index contributed by atoms with van der Waals surface area (Å²) in [6.45, 7) is 5.28. The maximum absolute atomic E-state index is 10.6. The van der Waals surface area contributed by atoms with Crippen LogP contribution in [0.2, 0.25) is 0 Å². The minimum Gasteiger partial charge on any atom is -0.304 e. The summed E-state index contributed by atoms with van der Waals surface area (Å²) in [5.41, 5.74) is 5.26. The Kier molecular flexibility index (Phi) is 6.64. The summed E-state index contributed by atoms with van der Waals surface area (Å²) in [6, 6.07) is 0. The van der Waals surface area contributed by atoms with E-state index in [-0.39, 0.29) is 5.91 Å². The Morgan fingerprint density at radius 2 is 2.33 bits per heavy atom. The Balaban J connectivity index is 0.000000561. The molecule has 0 saturated carbocycles. The summed E-state index contributed by atoms with van der Waals surface area (Å²) in [4.78, 5) is 15.2. The quantitative estimate of drug-likeness (QED) is 0.586. The standard InChI is InChI=1S/C5H11N3O2.C2H6/c1-10-6-4-8-3-2-5(9)7-8;1-2/h6H,2-4H2,1H3,(H,7,9);1-2H3. The number of carbonyl (C=O) groups is 1. The first-order valence-corrected chi connectivity index (χ1v) is 4.13. The van der Waals surface area contributed by atoms with Gasteiger partial charge in [-0.2, -0.15) is 5.48 Å². The maximum Gasteiger partial charge on any atom is 0.235 e. The smallest absolute Gasteiger partial charge is 0.235 e. The highest BCUT2D eigenvalue weighted by molar-refractivity contribution is 5.77. The molecular formula is C7H17N3O2. The molecule has 12 heavy (non-hydrogen) atoms. The van der Waals surface area contributed by atoms with Crippen LogP contribution >= 0.6 is 0 Å². The van der Waals surface area contributed by atoms with E-state index < -0.39 is 0 Å². The number of carbonyl (C=O) groups excluding carboxylic acids is 1. The van der Waals surface area contributed by atoms with Gasteiger partial charge in [0.25, 0.3) is 0 Å². The number of amides is 1. The van der Waals surface area contributed by atoms with Crippen LogP contribution in [-0.4, -0.2) is 31.2 Å². The molecule has 1 heterocycles. The van der Waals surface area contributed by atoms with Crippen LogP contribution in [0, 0.1) is 0 Å². The molecule has 5 heteroatoms. The van der Waals surface area contributed by atoms with Crippen molar-refractivity contribution < 1.29 is 9.63 Å². The van der Waals surface area contributed by atoms with E-state index in [0.29, 0.717) is 13.1 Å². The van der Waals surface area contributed by atoms with Gasteiger partial charge in [-0.3, -0.25) is 10.2 Å². The van der Waals surface area contributed by atoms with Gasteiger partial charge in [0.1, 0.15) is 0 Å². The van der Waals surface area contributed by atoms with Crippen molar-refractivity contribution in [2.75, 3.05) is 20.3 Å². The second-order valence-electron chi connectivity index (χ2n) is 2.05. The average Bonchev–Trinajstić information content (AvgIpc) is 2.51. The number of hydrogen-bond acceptors (Lipinski definition) is 4. The minimum atomic E-state index is 0.0675. The number of hydrogen-bond donors (Lipinski definition) is 2. The monoisotopic (exact) mass is 175 g/mol. The fourth-order valence-electron chi connectivity index (χ4n) is 0.786. The van der Waals surface area contributed by atoms with Crippen LogP contribution in [0.15, 0.2) is 0 Å². The SMILES string of the molecule is CC.CONCN1CCC(=O)N1. The third-order valence-electron chi connectivity index (χ3n) is 1.29. The predicted molar refractivity (Wildman–Crippen MR) is 45.8 cm³/mol. The summed E-state index contributed by atoms with van der Waals surface area (Å²) >= 11 is 0. The molecule has 2 N–H and O–H groups in total. The van der Waals surface area contributed by atoms with Crippen LogP contribution in [-0.2, 0) is 9.63 Å². The molecule has 1 saturated heterocycles. The highest BCUT2D eigenvalue weighted by atomic mass is 16.6. The first kappa shape index (κ1) is 11.4. The van der Waals surface area contributed by atoms with Gasteiger partial charge >= 0.3 is 0 Å². The lowest BCUT2D eigenvalue weighted by molar-refractivity contribution is -0.121. The summed E-state index contributed by atoms with van der Waals surface area (Å²) in [6.07, 6.45) is 0.575. The highest BCUT2D eigenvalue weighted by Gasteiger charge is 2.16. The van der Waals surface area contributed by atoms with E-state index >= 15 is 0 Å². The van der Waals surface area contributed by atoms with Gasteiger partial charge in [0, 0.05) is 13.0 Å². The summed E-state index contributed by atoms with van der Waals surface area (Å²) in [5.74, 6) is 0.0675. The lowest BCUT2D eigenvalue weighted by Crippen LogP contribution is -2.39. The van der Waals surface area contributed by atoms with E-state index in [9.17, 15) is 4.79 Å². The Hall–Kier alpha value is -0.650. The van der Waals surface area contributed by atoms with Crippen LogP contribution < -0.4 is 10.9 Å². The molecule has 0 radical (unpaired) electrons. The van der Waals surface area contributed by atoms with Gasteiger partial charge in [-0.05, 0) is 0 Å². The molecule has 0 aromatic heterocycles. The van der Waals surface area contributed by atoms with Gasteiger partial charge in [0.2, 0.25) is 5.91 Å². The zero-order valence-electron chi connectivity index (χ0n) is 7.89. The first-order valence-electron chi connectivity index (χ1n) is 4.13. The molecule has 72 valence electrons. The molecule has 0 bridgehead atoms. The summed E-state index contributed by atoms with van der Waals surface area (Å²) < 4.78 is 0. The van der Waals surface area contributed by atoms with Crippen molar-refractivity contribution in [2.45, 2.75) is 20.3 Å². The molecule has 0 atom stereocenters. The summed E-state index contributed by atoms with van der Waals surface area (Å²) in [7, 11) is 1.54. The van der Waals surface area contributed by atoms with Crippen molar-refractivity contribution in [3.8, 4) is 0 Å². The number of nitrogens with one attached hydrogen (secondary N) is 2. The van der Waals surface area contributed by atoms with E-state index in [0.717, 1.165) is 6.54 Å². The molecule has 1 amide bonds. The second kappa shape index (κ2) is 7.02. The highest BCUT2D eigenvalue weighted by Crippen LogP contribution is 1.94. The van der Waals surface area contributed by atoms with Crippen molar-refractivity contribution in [2.24, 2.45) is 0 Å². The van der Waals surface area contributed by atoms with Crippen LogP contribution in [0.5, 0.6) is 0 Å². The molecule has 1 fully saturated rings.